The van der Waals surface area contributed by atoms with Crippen LogP contribution in [0.25, 0.3) is 0 Å². The SMILES string of the molecule is CS(=O)(=O)C1(C(=O)N[C@@H](CCOC2CC(CCc3ccc4c(n3)NCCC4)C2)C(=O)O)CCOCC1. The van der Waals surface area contributed by atoms with E-state index in [0.29, 0.717) is 5.92 Å². The number of aryl methyl sites for hydroxylation is 2. The lowest BCUT2D eigenvalue weighted by atomic mass is 9.79. The molecule has 0 radical (unpaired) electrons. The van der Waals surface area contributed by atoms with E-state index < -0.39 is 32.5 Å². The molecule has 0 aromatic carbocycles. The maximum Gasteiger partial charge on any atom is 0.326 e. The third-order valence-electron chi connectivity index (χ3n) is 7.74. The lowest BCUT2D eigenvalue weighted by molar-refractivity contribution is -0.143. The molecule has 1 amide bonds. The van der Waals surface area contributed by atoms with E-state index in [-0.39, 0.29) is 45.2 Å². The Morgan fingerprint density at radius 1 is 1.31 bits per heavy atom. The highest BCUT2D eigenvalue weighted by Crippen LogP contribution is 2.34. The monoisotopic (exact) mass is 523 g/mol. The smallest absolute Gasteiger partial charge is 0.326 e. The zero-order chi connectivity index (χ0) is 25.8. The molecule has 3 heterocycles. The van der Waals surface area contributed by atoms with Crippen molar-refractivity contribution in [3.8, 4) is 0 Å². The van der Waals surface area contributed by atoms with Crippen molar-refractivity contribution in [3.05, 3.63) is 23.4 Å². The molecule has 36 heavy (non-hydrogen) atoms. The molecule has 1 saturated carbocycles. The zero-order valence-electron chi connectivity index (χ0n) is 20.8. The van der Waals surface area contributed by atoms with Crippen molar-refractivity contribution in [2.75, 3.05) is 37.9 Å². The lowest BCUT2D eigenvalue weighted by Crippen LogP contribution is -2.58. The molecule has 1 aromatic rings. The number of amides is 1. The second-order valence-corrected chi connectivity index (χ2v) is 12.6. The summed E-state index contributed by atoms with van der Waals surface area (Å²) in [6, 6.07) is 3.08. The summed E-state index contributed by atoms with van der Waals surface area (Å²) in [5.74, 6) is -0.400. The predicted molar refractivity (Wildman–Crippen MR) is 134 cm³/mol. The summed E-state index contributed by atoms with van der Waals surface area (Å²) in [6.07, 6.45) is 7.23. The van der Waals surface area contributed by atoms with Crippen LogP contribution < -0.4 is 10.6 Å². The Balaban J connectivity index is 1.18. The second-order valence-electron chi connectivity index (χ2n) is 10.2. The first kappa shape index (κ1) is 26.8. The number of ether oxygens (including phenoxy) is 2. The first-order valence-corrected chi connectivity index (χ1v) is 14.7. The van der Waals surface area contributed by atoms with Crippen molar-refractivity contribution in [2.24, 2.45) is 5.92 Å². The van der Waals surface area contributed by atoms with Gasteiger partial charge in [-0.05, 0) is 68.9 Å². The number of pyridine rings is 1. The minimum Gasteiger partial charge on any atom is -0.480 e. The van der Waals surface area contributed by atoms with E-state index in [1.807, 2.05) is 0 Å². The summed E-state index contributed by atoms with van der Waals surface area (Å²) in [4.78, 5) is 29.4. The summed E-state index contributed by atoms with van der Waals surface area (Å²) in [6.45, 7) is 1.44. The van der Waals surface area contributed by atoms with E-state index in [2.05, 4.69) is 22.8 Å². The van der Waals surface area contributed by atoms with Crippen LogP contribution in [0, 0.1) is 5.92 Å². The van der Waals surface area contributed by atoms with Crippen molar-refractivity contribution in [1.82, 2.24) is 10.3 Å². The first-order valence-electron chi connectivity index (χ1n) is 12.8. The van der Waals surface area contributed by atoms with Gasteiger partial charge >= 0.3 is 5.97 Å². The normalized spacial score (nSPS) is 24.0. The van der Waals surface area contributed by atoms with Crippen LogP contribution in [0.2, 0.25) is 0 Å². The van der Waals surface area contributed by atoms with Gasteiger partial charge in [-0.3, -0.25) is 4.79 Å². The number of carboxylic acid groups (broad SMARTS) is 1. The van der Waals surface area contributed by atoms with Gasteiger partial charge in [0.15, 0.2) is 14.6 Å². The van der Waals surface area contributed by atoms with Crippen LogP contribution in [0.15, 0.2) is 12.1 Å². The fraction of sp³-hybridized carbons (Fsp3) is 0.720. The van der Waals surface area contributed by atoms with Crippen molar-refractivity contribution < 1.29 is 32.6 Å². The molecule has 3 N–H and O–H groups in total. The van der Waals surface area contributed by atoms with Crippen LogP contribution in [-0.2, 0) is 41.7 Å². The molecule has 10 nitrogen and oxygen atoms in total. The molecule has 1 aliphatic carbocycles. The summed E-state index contributed by atoms with van der Waals surface area (Å²) >= 11 is 0. The van der Waals surface area contributed by atoms with E-state index in [0.717, 1.165) is 62.8 Å². The summed E-state index contributed by atoms with van der Waals surface area (Å²) in [5, 5.41) is 15.4. The van der Waals surface area contributed by atoms with E-state index in [1.54, 1.807) is 0 Å². The average molecular weight is 524 g/mol. The summed E-state index contributed by atoms with van der Waals surface area (Å²) in [5.41, 5.74) is 2.39. The number of rotatable bonds is 11. The summed E-state index contributed by atoms with van der Waals surface area (Å²) < 4.78 is 34.2. The number of nitrogens with one attached hydrogen (secondary N) is 2. The van der Waals surface area contributed by atoms with Crippen LogP contribution in [0.3, 0.4) is 0 Å². The van der Waals surface area contributed by atoms with Crippen LogP contribution >= 0.6 is 0 Å². The van der Waals surface area contributed by atoms with Gasteiger partial charge in [0.25, 0.3) is 0 Å². The number of carbonyl (C=O) groups excluding carboxylic acids is 1. The molecule has 1 saturated heterocycles. The van der Waals surface area contributed by atoms with Gasteiger partial charge in [0.05, 0.1) is 6.10 Å². The average Bonchev–Trinajstić information content (AvgIpc) is 2.83. The van der Waals surface area contributed by atoms with E-state index in [9.17, 15) is 23.1 Å². The predicted octanol–water partition coefficient (Wildman–Crippen LogP) is 1.72. The van der Waals surface area contributed by atoms with E-state index >= 15 is 0 Å². The number of carbonyl (C=O) groups is 2. The van der Waals surface area contributed by atoms with Gasteiger partial charge in [0.1, 0.15) is 11.9 Å². The summed E-state index contributed by atoms with van der Waals surface area (Å²) in [7, 11) is -3.75. The second kappa shape index (κ2) is 11.4. The van der Waals surface area contributed by atoms with Crippen LogP contribution in [-0.4, -0.2) is 79.9 Å². The van der Waals surface area contributed by atoms with Gasteiger partial charge in [0.2, 0.25) is 5.91 Å². The number of carboxylic acids is 1. The van der Waals surface area contributed by atoms with Crippen molar-refractivity contribution in [3.63, 3.8) is 0 Å². The van der Waals surface area contributed by atoms with Gasteiger partial charge in [-0.1, -0.05) is 6.07 Å². The third kappa shape index (κ3) is 6.18. The fourth-order valence-electron chi connectivity index (χ4n) is 5.27. The molecular weight excluding hydrogens is 486 g/mol. The molecule has 4 rings (SSSR count). The molecule has 0 unspecified atom stereocenters. The van der Waals surface area contributed by atoms with Gasteiger partial charge in [-0.2, -0.15) is 0 Å². The van der Waals surface area contributed by atoms with Crippen LogP contribution in [0.4, 0.5) is 5.82 Å². The minimum absolute atomic E-state index is 0.0153. The van der Waals surface area contributed by atoms with Crippen LogP contribution in [0.5, 0.6) is 0 Å². The molecule has 3 aliphatic rings. The van der Waals surface area contributed by atoms with Gasteiger partial charge in [0, 0.05) is 44.7 Å². The molecule has 1 aromatic heterocycles. The number of anilines is 1. The quantitative estimate of drug-likeness (QED) is 0.395. The van der Waals surface area contributed by atoms with Gasteiger partial charge in [-0.15, -0.1) is 0 Å². The molecule has 2 aliphatic heterocycles. The van der Waals surface area contributed by atoms with Crippen LogP contribution in [0.1, 0.15) is 56.2 Å². The zero-order valence-corrected chi connectivity index (χ0v) is 21.6. The van der Waals surface area contributed by atoms with E-state index in [4.69, 9.17) is 14.5 Å². The Bertz CT molecular complexity index is 1050. The lowest BCUT2D eigenvalue weighted by Gasteiger charge is -2.36. The highest BCUT2D eigenvalue weighted by molar-refractivity contribution is 7.92. The van der Waals surface area contributed by atoms with Gasteiger partial charge < -0.3 is 25.2 Å². The topological polar surface area (TPSA) is 144 Å². The fourth-order valence-corrected chi connectivity index (χ4v) is 6.58. The molecule has 0 spiro atoms. The Labute approximate surface area is 212 Å². The Kier molecular flexibility index (Phi) is 8.52. The van der Waals surface area contributed by atoms with Crippen molar-refractivity contribution in [2.45, 2.75) is 74.7 Å². The number of hydrogen-bond donors (Lipinski definition) is 3. The van der Waals surface area contributed by atoms with Crippen molar-refractivity contribution >= 4 is 27.5 Å². The number of fused-ring (bicyclic) bond motifs is 1. The number of aliphatic carboxylic acids is 1. The first-order chi connectivity index (χ1) is 17.2. The Morgan fingerprint density at radius 3 is 2.75 bits per heavy atom. The molecule has 200 valence electrons. The third-order valence-corrected chi connectivity index (χ3v) is 9.75. The maximum absolute atomic E-state index is 12.9. The highest BCUT2D eigenvalue weighted by Gasteiger charge is 2.50. The van der Waals surface area contributed by atoms with Crippen molar-refractivity contribution in [1.29, 1.82) is 0 Å². The number of hydrogen-bond acceptors (Lipinski definition) is 8. The molecule has 2 fully saturated rings. The molecule has 1 atom stereocenters. The highest BCUT2D eigenvalue weighted by atomic mass is 32.2. The maximum atomic E-state index is 12.9. The minimum atomic E-state index is -3.75. The standard InChI is InChI=1S/C25H37N3O7S/c1-36(32,33)25(9-13-34-14-10-25)24(31)28-21(23(29)30)8-12-35-20-15-17(16-20)4-6-19-7-5-18-3-2-11-26-22(18)27-19/h5,7,17,20-21H,2-4,6,8-16H2,1H3,(H,26,27)(H,28,31)(H,29,30)/t17?,20?,21-/m0/s1. The Hall–Kier alpha value is -2.24. The largest absolute Gasteiger partial charge is 0.480 e. The van der Waals surface area contributed by atoms with Gasteiger partial charge in [-0.25, -0.2) is 18.2 Å². The Morgan fingerprint density at radius 2 is 2.06 bits per heavy atom. The molecule has 11 heteroatoms. The van der Waals surface area contributed by atoms with E-state index in [1.165, 1.54) is 5.56 Å². The number of aromatic nitrogens is 1. The molecule has 0 bridgehead atoms. The number of nitrogens with zero attached hydrogens (tertiary/aromatic N) is 1. The molecular formula is C25H37N3O7S. The number of sulfone groups is 1.